The molecule has 11 heteroatoms. The molecule has 1 aliphatic carbocycles. The standard InChI is InChI=1S/C21H24N6O4S/c1-31-16-10-14(2-3-17(16)32(22,29)30)20(28)27-9-8-26(11-21(12-27)5-6-21)19-15-4-7-23-18(15)24-13-25-19/h2-4,7,10,13H,5-6,8-9,11-12H2,1H3,(H2,22,29,30)(H,23,24,25). The Labute approximate surface area is 185 Å². The number of primary sulfonamides is 1. The number of hydrogen-bond acceptors (Lipinski definition) is 7. The number of nitrogens with one attached hydrogen (secondary N) is 1. The van der Waals surface area contributed by atoms with Crippen LogP contribution in [0.1, 0.15) is 23.2 Å². The SMILES string of the molecule is COc1cc(C(=O)N2CCN(c3ncnc4[nH]ccc34)CC3(CC3)C2)ccc1S(N)(=O)=O. The molecule has 1 saturated heterocycles. The first-order chi connectivity index (χ1) is 15.3. The summed E-state index contributed by atoms with van der Waals surface area (Å²) >= 11 is 0. The fourth-order valence-corrected chi connectivity index (χ4v) is 5.12. The van der Waals surface area contributed by atoms with E-state index in [9.17, 15) is 13.2 Å². The number of nitrogens with two attached hydrogens (primary N) is 1. The van der Waals surface area contributed by atoms with E-state index < -0.39 is 10.0 Å². The van der Waals surface area contributed by atoms with Crippen LogP contribution in [0.15, 0.2) is 41.7 Å². The number of nitrogens with zero attached hydrogens (tertiary/aromatic N) is 4. The fourth-order valence-electron chi connectivity index (χ4n) is 4.44. The third-order valence-electron chi connectivity index (χ3n) is 6.29. The highest BCUT2D eigenvalue weighted by Crippen LogP contribution is 2.48. The average molecular weight is 457 g/mol. The van der Waals surface area contributed by atoms with Crippen molar-refractivity contribution in [2.45, 2.75) is 17.7 Å². The van der Waals surface area contributed by atoms with Gasteiger partial charge in [-0.05, 0) is 37.1 Å². The molecule has 1 aromatic carbocycles. The number of methoxy groups -OCH3 is 1. The van der Waals surface area contributed by atoms with Gasteiger partial charge in [0.05, 0.1) is 12.5 Å². The smallest absolute Gasteiger partial charge is 0.254 e. The zero-order valence-electron chi connectivity index (χ0n) is 17.6. The molecule has 10 nitrogen and oxygen atoms in total. The molecule has 1 aliphatic heterocycles. The number of carbonyl (C=O) groups excluding carboxylic acids is 1. The molecule has 5 rings (SSSR count). The van der Waals surface area contributed by atoms with E-state index in [1.54, 1.807) is 6.33 Å². The molecule has 0 radical (unpaired) electrons. The molecule has 3 aromatic rings. The maximum Gasteiger partial charge on any atom is 0.254 e. The van der Waals surface area contributed by atoms with Crippen molar-refractivity contribution in [3.05, 3.63) is 42.4 Å². The number of fused-ring (bicyclic) bond motifs is 1. The van der Waals surface area contributed by atoms with Crippen molar-refractivity contribution in [3.8, 4) is 5.75 Å². The normalized spacial score (nSPS) is 18.1. The summed E-state index contributed by atoms with van der Waals surface area (Å²) in [6, 6.07) is 6.22. The highest BCUT2D eigenvalue weighted by molar-refractivity contribution is 7.89. The lowest BCUT2D eigenvalue weighted by Gasteiger charge is -2.25. The summed E-state index contributed by atoms with van der Waals surface area (Å²) in [5.41, 5.74) is 1.19. The van der Waals surface area contributed by atoms with Gasteiger partial charge in [-0.1, -0.05) is 0 Å². The summed E-state index contributed by atoms with van der Waals surface area (Å²) in [6.45, 7) is 2.62. The number of aromatic amines is 1. The lowest BCUT2D eigenvalue weighted by atomic mass is 10.1. The molecule has 2 aliphatic rings. The first-order valence-electron chi connectivity index (χ1n) is 10.3. The fraction of sp³-hybridized carbons (Fsp3) is 0.381. The van der Waals surface area contributed by atoms with Crippen LogP contribution >= 0.6 is 0 Å². The van der Waals surface area contributed by atoms with Gasteiger partial charge < -0.3 is 19.5 Å². The van der Waals surface area contributed by atoms with Crippen LogP contribution in [0.2, 0.25) is 0 Å². The summed E-state index contributed by atoms with van der Waals surface area (Å²) in [5, 5.41) is 6.21. The number of hydrogen-bond donors (Lipinski definition) is 2. The lowest BCUT2D eigenvalue weighted by Crippen LogP contribution is -2.36. The molecule has 0 unspecified atom stereocenters. The Kier molecular flexibility index (Phi) is 4.82. The number of benzene rings is 1. The molecule has 1 saturated carbocycles. The van der Waals surface area contributed by atoms with Crippen LogP contribution in [0.5, 0.6) is 5.75 Å². The topological polar surface area (TPSA) is 135 Å². The highest BCUT2D eigenvalue weighted by atomic mass is 32.2. The zero-order chi connectivity index (χ0) is 22.5. The van der Waals surface area contributed by atoms with Gasteiger partial charge in [0.1, 0.15) is 28.4 Å². The maximum absolute atomic E-state index is 13.4. The molecule has 0 bridgehead atoms. The van der Waals surface area contributed by atoms with Crippen LogP contribution in [0, 0.1) is 5.41 Å². The van der Waals surface area contributed by atoms with Crippen molar-refractivity contribution < 1.29 is 17.9 Å². The van der Waals surface area contributed by atoms with Crippen molar-refractivity contribution in [3.63, 3.8) is 0 Å². The van der Waals surface area contributed by atoms with E-state index in [4.69, 9.17) is 9.88 Å². The largest absolute Gasteiger partial charge is 0.495 e. The first kappa shape index (κ1) is 20.7. The summed E-state index contributed by atoms with van der Waals surface area (Å²) in [4.78, 5) is 29.2. The second kappa shape index (κ2) is 7.45. The lowest BCUT2D eigenvalue weighted by molar-refractivity contribution is 0.0740. The van der Waals surface area contributed by atoms with E-state index in [-0.39, 0.29) is 22.0 Å². The second-order valence-electron chi connectivity index (χ2n) is 8.50. The second-order valence-corrected chi connectivity index (χ2v) is 10.0. The van der Waals surface area contributed by atoms with Crippen molar-refractivity contribution in [2.24, 2.45) is 10.6 Å². The Morgan fingerprint density at radius 3 is 2.72 bits per heavy atom. The van der Waals surface area contributed by atoms with Crippen molar-refractivity contribution in [1.29, 1.82) is 0 Å². The van der Waals surface area contributed by atoms with E-state index >= 15 is 0 Å². The molecular weight excluding hydrogens is 432 g/mol. The van der Waals surface area contributed by atoms with Crippen LogP contribution in [0.4, 0.5) is 5.82 Å². The van der Waals surface area contributed by atoms with E-state index in [1.165, 1.54) is 25.3 Å². The number of carbonyl (C=O) groups is 1. The van der Waals surface area contributed by atoms with Crippen LogP contribution in [-0.4, -0.2) is 67.5 Å². The summed E-state index contributed by atoms with van der Waals surface area (Å²) in [6.07, 6.45) is 5.49. The number of aromatic nitrogens is 3. The zero-order valence-corrected chi connectivity index (χ0v) is 18.4. The molecule has 2 fully saturated rings. The molecule has 168 valence electrons. The van der Waals surface area contributed by atoms with Gasteiger partial charge in [-0.3, -0.25) is 4.79 Å². The highest BCUT2D eigenvalue weighted by Gasteiger charge is 2.48. The molecule has 3 heterocycles. The minimum atomic E-state index is -3.95. The molecule has 2 aromatic heterocycles. The number of ether oxygens (including phenoxy) is 1. The van der Waals surface area contributed by atoms with Crippen LogP contribution < -0.4 is 14.8 Å². The minimum absolute atomic E-state index is 0.0321. The van der Waals surface area contributed by atoms with Crippen molar-refractivity contribution in [2.75, 3.05) is 38.2 Å². The van der Waals surface area contributed by atoms with Crippen LogP contribution in [0.3, 0.4) is 0 Å². The first-order valence-corrected chi connectivity index (χ1v) is 11.9. The Bertz CT molecular complexity index is 1300. The van der Waals surface area contributed by atoms with E-state index in [0.717, 1.165) is 36.2 Å². The van der Waals surface area contributed by atoms with Gasteiger partial charge >= 0.3 is 0 Å². The maximum atomic E-state index is 13.4. The molecule has 32 heavy (non-hydrogen) atoms. The quantitative estimate of drug-likeness (QED) is 0.605. The Balaban J connectivity index is 1.42. The van der Waals surface area contributed by atoms with Crippen LogP contribution in [0.25, 0.3) is 11.0 Å². The van der Waals surface area contributed by atoms with Gasteiger partial charge in [0.25, 0.3) is 5.91 Å². The van der Waals surface area contributed by atoms with Crippen molar-refractivity contribution in [1.82, 2.24) is 19.9 Å². The van der Waals surface area contributed by atoms with E-state index in [0.29, 0.717) is 25.2 Å². The van der Waals surface area contributed by atoms with Gasteiger partial charge in [0.15, 0.2) is 0 Å². The molecule has 1 spiro atoms. The predicted octanol–water partition coefficient (Wildman–Crippen LogP) is 1.36. The molecule has 0 atom stereocenters. The number of anilines is 1. The Hall–Kier alpha value is -3.18. The third kappa shape index (κ3) is 3.67. The molecule has 1 amide bonds. The number of H-pyrrole nitrogens is 1. The average Bonchev–Trinajstić information content (AvgIpc) is 3.42. The van der Waals surface area contributed by atoms with E-state index in [2.05, 4.69) is 19.9 Å². The molecule has 3 N–H and O–H groups in total. The van der Waals surface area contributed by atoms with Gasteiger partial charge in [-0.15, -0.1) is 0 Å². The van der Waals surface area contributed by atoms with Gasteiger partial charge in [0, 0.05) is 43.4 Å². The minimum Gasteiger partial charge on any atom is -0.495 e. The Morgan fingerprint density at radius 1 is 1.19 bits per heavy atom. The number of amides is 1. The number of rotatable bonds is 4. The van der Waals surface area contributed by atoms with Gasteiger partial charge in [0.2, 0.25) is 10.0 Å². The van der Waals surface area contributed by atoms with Crippen LogP contribution in [-0.2, 0) is 10.0 Å². The van der Waals surface area contributed by atoms with Gasteiger partial charge in [-0.25, -0.2) is 23.5 Å². The third-order valence-corrected chi connectivity index (χ3v) is 7.24. The number of sulfonamides is 1. The summed E-state index contributed by atoms with van der Waals surface area (Å²) in [7, 11) is -2.60. The summed E-state index contributed by atoms with van der Waals surface area (Å²) in [5.74, 6) is 0.773. The summed E-state index contributed by atoms with van der Waals surface area (Å²) < 4.78 is 28.7. The van der Waals surface area contributed by atoms with E-state index in [1.807, 2.05) is 17.2 Å². The molecular formula is C21H24N6O4S. The van der Waals surface area contributed by atoms with Gasteiger partial charge in [-0.2, -0.15) is 0 Å². The Morgan fingerprint density at radius 2 is 2.00 bits per heavy atom. The monoisotopic (exact) mass is 456 g/mol. The predicted molar refractivity (Wildman–Crippen MR) is 118 cm³/mol. The van der Waals surface area contributed by atoms with Crippen molar-refractivity contribution >= 4 is 32.8 Å².